The fourth-order valence-electron chi connectivity index (χ4n) is 4.62. The molecule has 0 radical (unpaired) electrons. The zero-order valence-electron chi connectivity index (χ0n) is 22.5. The van der Waals surface area contributed by atoms with Gasteiger partial charge >= 0.3 is 0 Å². The minimum Gasteiger partial charge on any atom is -0.493 e. The number of halogens is 3. The van der Waals surface area contributed by atoms with Crippen LogP contribution >= 0.6 is 34.8 Å². The third kappa shape index (κ3) is 6.34. The van der Waals surface area contributed by atoms with Crippen LogP contribution in [0.2, 0.25) is 15.1 Å². The van der Waals surface area contributed by atoms with Crippen LogP contribution in [0.5, 0.6) is 11.5 Å². The van der Waals surface area contributed by atoms with Gasteiger partial charge in [0.25, 0.3) is 5.91 Å². The van der Waals surface area contributed by atoms with Crippen molar-refractivity contribution < 1.29 is 14.3 Å². The standard InChI is InChI=1S/C19H13Cl2N3O2.C12H10ClN3O/c20-14-4-2-1-3-12(14)19(25)24-18-10-22-16(9-23-18)13-8-17-11(5-6-26-17)7-15(13)21;13-9-3-7-1-2-17-11(7)4-8(9)10-5-16-12(14)6-15-10/h1-4,7-10H,5-6H2,(H,23,24,25);3-6H,1-2H2,(H2,14,16). The summed E-state index contributed by atoms with van der Waals surface area (Å²) in [6, 6.07) is 14.4. The van der Waals surface area contributed by atoms with Gasteiger partial charge in [0, 0.05) is 24.0 Å². The van der Waals surface area contributed by atoms with Gasteiger partial charge in [0.15, 0.2) is 5.82 Å². The molecule has 9 nitrogen and oxygen atoms in total. The molecule has 1 amide bonds. The summed E-state index contributed by atoms with van der Waals surface area (Å²) in [7, 11) is 0. The number of carbonyl (C=O) groups excluding carboxylic acids is 1. The minimum atomic E-state index is -0.346. The van der Waals surface area contributed by atoms with Gasteiger partial charge in [-0.3, -0.25) is 14.8 Å². The van der Waals surface area contributed by atoms with Crippen LogP contribution in [0, 0.1) is 0 Å². The van der Waals surface area contributed by atoms with Crippen LogP contribution in [0.4, 0.5) is 11.6 Å². The summed E-state index contributed by atoms with van der Waals surface area (Å²) in [4.78, 5) is 29.1. The molecule has 0 bridgehead atoms. The molecule has 4 heterocycles. The summed E-state index contributed by atoms with van der Waals surface area (Å²) >= 11 is 18.6. The van der Waals surface area contributed by atoms with Crippen LogP contribution in [-0.4, -0.2) is 39.1 Å². The molecule has 7 rings (SSSR count). The molecule has 5 aromatic rings. The Morgan fingerprint density at radius 3 is 1.84 bits per heavy atom. The SMILES string of the molecule is Nc1cnc(-c2cc3c(cc2Cl)CCO3)cn1.O=C(Nc1cnc(-c2cc3c(cc2Cl)CCO3)cn1)c1ccccc1Cl. The molecule has 12 heteroatoms. The summed E-state index contributed by atoms with van der Waals surface area (Å²) in [5, 5.41) is 4.31. The molecule has 0 spiro atoms. The van der Waals surface area contributed by atoms with E-state index in [1.54, 1.807) is 36.7 Å². The molecule has 3 N–H and O–H groups in total. The normalized spacial score (nSPS) is 12.7. The molecule has 216 valence electrons. The fraction of sp³-hybridized carbons (Fsp3) is 0.129. The highest BCUT2D eigenvalue weighted by atomic mass is 35.5. The van der Waals surface area contributed by atoms with Crippen molar-refractivity contribution in [1.82, 2.24) is 19.9 Å². The number of benzene rings is 3. The zero-order chi connectivity index (χ0) is 29.9. The van der Waals surface area contributed by atoms with Crippen LogP contribution in [-0.2, 0) is 12.8 Å². The first-order chi connectivity index (χ1) is 20.9. The molecule has 0 saturated heterocycles. The van der Waals surface area contributed by atoms with E-state index >= 15 is 0 Å². The lowest BCUT2D eigenvalue weighted by Crippen LogP contribution is -2.13. The van der Waals surface area contributed by atoms with Crippen molar-refractivity contribution >= 4 is 52.3 Å². The van der Waals surface area contributed by atoms with E-state index < -0.39 is 0 Å². The van der Waals surface area contributed by atoms with Crippen molar-refractivity contribution in [3.05, 3.63) is 105 Å². The number of ether oxygens (including phenoxy) is 2. The number of nitrogens with zero attached hydrogens (tertiary/aromatic N) is 4. The first-order valence-corrected chi connectivity index (χ1v) is 14.4. The Morgan fingerprint density at radius 2 is 1.30 bits per heavy atom. The fourth-order valence-corrected chi connectivity index (χ4v) is 5.41. The van der Waals surface area contributed by atoms with Crippen LogP contribution in [0.25, 0.3) is 22.5 Å². The monoisotopic (exact) mass is 632 g/mol. The van der Waals surface area contributed by atoms with E-state index in [9.17, 15) is 4.79 Å². The Bertz CT molecular complexity index is 1820. The molecular weight excluding hydrogens is 611 g/mol. The van der Waals surface area contributed by atoms with Gasteiger partial charge in [0.1, 0.15) is 17.3 Å². The maximum Gasteiger partial charge on any atom is 0.258 e. The molecule has 0 unspecified atom stereocenters. The smallest absolute Gasteiger partial charge is 0.258 e. The van der Waals surface area contributed by atoms with Gasteiger partial charge in [-0.1, -0.05) is 46.9 Å². The predicted molar refractivity (Wildman–Crippen MR) is 167 cm³/mol. The number of carbonyl (C=O) groups is 1. The number of rotatable bonds is 4. The molecule has 2 aromatic heterocycles. The summed E-state index contributed by atoms with van der Waals surface area (Å²) < 4.78 is 11.1. The van der Waals surface area contributed by atoms with E-state index in [1.165, 1.54) is 12.4 Å². The second kappa shape index (κ2) is 12.4. The van der Waals surface area contributed by atoms with Crippen molar-refractivity contribution in [3.8, 4) is 34.0 Å². The van der Waals surface area contributed by atoms with Gasteiger partial charge in [-0.25, -0.2) is 9.97 Å². The highest BCUT2D eigenvalue weighted by molar-refractivity contribution is 6.34. The lowest BCUT2D eigenvalue weighted by molar-refractivity contribution is 0.102. The lowest BCUT2D eigenvalue weighted by Gasteiger charge is -2.08. The number of nitrogen functional groups attached to an aromatic ring is 1. The van der Waals surface area contributed by atoms with E-state index in [0.29, 0.717) is 56.9 Å². The molecule has 2 aliphatic heterocycles. The second-order valence-electron chi connectivity index (χ2n) is 9.62. The summed E-state index contributed by atoms with van der Waals surface area (Å²) in [6.07, 6.45) is 7.92. The highest BCUT2D eigenvalue weighted by Crippen LogP contribution is 2.37. The molecule has 3 aromatic carbocycles. The lowest BCUT2D eigenvalue weighted by atomic mass is 10.1. The average Bonchev–Trinajstić information content (AvgIpc) is 3.66. The van der Waals surface area contributed by atoms with Crippen molar-refractivity contribution in [2.24, 2.45) is 0 Å². The zero-order valence-corrected chi connectivity index (χ0v) is 24.7. The Balaban J connectivity index is 0.000000167. The van der Waals surface area contributed by atoms with Gasteiger partial charge in [-0.2, -0.15) is 0 Å². The number of hydrogen-bond donors (Lipinski definition) is 2. The van der Waals surface area contributed by atoms with Gasteiger partial charge in [0.2, 0.25) is 0 Å². The van der Waals surface area contributed by atoms with E-state index in [-0.39, 0.29) is 5.91 Å². The molecule has 43 heavy (non-hydrogen) atoms. The number of amides is 1. The molecule has 0 aliphatic carbocycles. The molecular formula is C31H23Cl3N6O3. The number of aromatic nitrogens is 4. The minimum absolute atomic E-state index is 0.326. The van der Waals surface area contributed by atoms with Gasteiger partial charge in [-0.05, 0) is 47.5 Å². The van der Waals surface area contributed by atoms with Crippen molar-refractivity contribution in [2.75, 3.05) is 24.3 Å². The number of hydrogen-bond acceptors (Lipinski definition) is 8. The van der Waals surface area contributed by atoms with Crippen LogP contribution < -0.4 is 20.5 Å². The molecule has 2 aliphatic rings. The van der Waals surface area contributed by atoms with Crippen LogP contribution in [0.1, 0.15) is 21.5 Å². The van der Waals surface area contributed by atoms with E-state index in [0.717, 1.165) is 46.6 Å². The maximum absolute atomic E-state index is 12.3. The molecule has 0 atom stereocenters. The first-order valence-electron chi connectivity index (χ1n) is 13.2. The Kier molecular flexibility index (Phi) is 8.29. The third-order valence-corrected chi connectivity index (χ3v) is 7.75. The van der Waals surface area contributed by atoms with Crippen molar-refractivity contribution in [2.45, 2.75) is 12.8 Å². The second-order valence-corrected chi connectivity index (χ2v) is 10.8. The topological polar surface area (TPSA) is 125 Å². The van der Waals surface area contributed by atoms with Gasteiger partial charge < -0.3 is 20.5 Å². The molecule has 0 fully saturated rings. The predicted octanol–water partition coefficient (Wildman–Crippen LogP) is 6.95. The van der Waals surface area contributed by atoms with Crippen LogP contribution in [0.15, 0.2) is 73.3 Å². The van der Waals surface area contributed by atoms with Crippen molar-refractivity contribution in [3.63, 3.8) is 0 Å². The number of nitrogens with one attached hydrogen (secondary N) is 1. The first kappa shape index (κ1) is 28.7. The van der Waals surface area contributed by atoms with Gasteiger partial charge in [-0.15, -0.1) is 0 Å². The Morgan fingerprint density at radius 1 is 0.721 bits per heavy atom. The number of fused-ring (bicyclic) bond motifs is 2. The average molecular weight is 634 g/mol. The van der Waals surface area contributed by atoms with Crippen molar-refractivity contribution in [1.29, 1.82) is 0 Å². The highest BCUT2D eigenvalue weighted by Gasteiger charge is 2.18. The van der Waals surface area contributed by atoms with E-state index in [1.807, 2.05) is 24.3 Å². The number of nitrogens with two attached hydrogens (primary N) is 1. The number of anilines is 2. The Labute approximate surface area is 262 Å². The quantitative estimate of drug-likeness (QED) is 0.218. The van der Waals surface area contributed by atoms with E-state index in [4.69, 9.17) is 50.0 Å². The summed E-state index contributed by atoms with van der Waals surface area (Å²) in [5.41, 5.74) is 11.0. The summed E-state index contributed by atoms with van der Waals surface area (Å²) in [6.45, 7) is 1.37. The van der Waals surface area contributed by atoms with Gasteiger partial charge in [0.05, 0.1) is 70.0 Å². The summed E-state index contributed by atoms with van der Waals surface area (Å²) in [5.74, 6) is 2.07. The van der Waals surface area contributed by atoms with Crippen LogP contribution in [0.3, 0.4) is 0 Å². The Hall–Kier alpha value is -4.44. The molecule has 0 saturated carbocycles. The third-order valence-electron chi connectivity index (χ3n) is 6.79. The van der Waals surface area contributed by atoms with E-state index in [2.05, 4.69) is 25.3 Å². The maximum atomic E-state index is 12.3. The largest absolute Gasteiger partial charge is 0.493 e.